The number of carbonyl (C=O) groups is 2. The fourth-order valence-corrected chi connectivity index (χ4v) is 2.86. The van der Waals surface area contributed by atoms with E-state index in [2.05, 4.69) is 5.32 Å². The first-order valence-electron chi connectivity index (χ1n) is 9.22. The zero-order chi connectivity index (χ0) is 20.9. The number of nitrogens with zero attached hydrogens (tertiary/aromatic N) is 2. The molecule has 0 bridgehead atoms. The van der Waals surface area contributed by atoms with Crippen molar-refractivity contribution >= 4 is 17.7 Å². The molecule has 1 N–H and O–H groups in total. The van der Waals surface area contributed by atoms with Crippen LogP contribution < -0.4 is 5.32 Å². The molecule has 2 rings (SSSR count). The van der Waals surface area contributed by atoms with E-state index in [1.807, 2.05) is 18.7 Å². The van der Waals surface area contributed by atoms with E-state index in [0.717, 1.165) is 6.07 Å². The van der Waals surface area contributed by atoms with Crippen LogP contribution in [-0.2, 0) is 15.7 Å². The number of para-hydroxylation sites is 1. The molecule has 0 spiro atoms. The summed E-state index contributed by atoms with van der Waals surface area (Å²) < 4.78 is 44.4. The van der Waals surface area contributed by atoms with E-state index in [0.29, 0.717) is 32.8 Å². The molecule has 1 aliphatic heterocycles. The number of amides is 2. The summed E-state index contributed by atoms with van der Waals surface area (Å²) in [4.78, 5) is 27.8. The summed E-state index contributed by atoms with van der Waals surface area (Å²) in [6.07, 6.45) is -4.93. The Morgan fingerprint density at radius 3 is 2.29 bits per heavy atom. The van der Waals surface area contributed by atoms with E-state index in [-0.39, 0.29) is 17.7 Å². The first-order chi connectivity index (χ1) is 13.1. The van der Waals surface area contributed by atoms with Gasteiger partial charge in [0, 0.05) is 26.2 Å². The lowest BCUT2D eigenvalue weighted by Crippen LogP contribution is -2.54. The van der Waals surface area contributed by atoms with E-state index < -0.39 is 23.7 Å². The predicted octanol–water partition coefficient (Wildman–Crippen LogP) is 3.44. The fourth-order valence-electron chi connectivity index (χ4n) is 2.86. The average Bonchev–Trinajstić information content (AvgIpc) is 2.65. The number of ether oxygens (including phenoxy) is 1. The van der Waals surface area contributed by atoms with Gasteiger partial charge in [0.05, 0.1) is 23.9 Å². The van der Waals surface area contributed by atoms with Gasteiger partial charge in [0.2, 0.25) is 5.91 Å². The number of benzene rings is 1. The second-order valence-electron chi connectivity index (χ2n) is 7.20. The summed E-state index contributed by atoms with van der Waals surface area (Å²) in [5.41, 5.74) is -1.14. The van der Waals surface area contributed by atoms with Gasteiger partial charge in [-0.25, -0.2) is 4.79 Å². The Balaban J connectivity index is 1.91. The Kier molecular flexibility index (Phi) is 7.29. The second kappa shape index (κ2) is 9.27. The highest BCUT2D eigenvalue weighted by Gasteiger charge is 2.34. The van der Waals surface area contributed by atoms with Crippen LogP contribution in [0.15, 0.2) is 24.3 Å². The van der Waals surface area contributed by atoms with Gasteiger partial charge in [0.15, 0.2) is 0 Å². The highest BCUT2D eigenvalue weighted by Crippen LogP contribution is 2.34. The number of nitrogens with one attached hydrogen (secondary N) is 1. The number of hydrogen-bond donors (Lipinski definition) is 1. The van der Waals surface area contributed by atoms with Gasteiger partial charge in [0.25, 0.3) is 0 Å². The third-order valence-corrected chi connectivity index (χ3v) is 4.53. The van der Waals surface area contributed by atoms with Crippen molar-refractivity contribution in [1.29, 1.82) is 0 Å². The zero-order valence-electron chi connectivity index (χ0n) is 16.3. The molecule has 0 aromatic heterocycles. The summed E-state index contributed by atoms with van der Waals surface area (Å²) in [5.74, 6) is -0.277. The molecule has 9 heteroatoms. The van der Waals surface area contributed by atoms with Crippen LogP contribution in [0.2, 0.25) is 0 Å². The maximum absolute atomic E-state index is 13.1. The SMILES string of the molecule is CC(C)COC(=O)N1CCN(C(C)C(=O)Nc2ccccc2C(F)(F)F)CC1. The van der Waals surface area contributed by atoms with Gasteiger partial charge >= 0.3 is 12.3 Å². The molecule has 1 aromatic rings. The molecule has 156 valence electrons. The van der Waals surface area contributed by atoms with E-state index in [9.17, 15) is 22.8 Å². The van der Waals surface area contributed by atoms with Gasteiger partial charge in [-0.1, -0.05) is 26.0 Å². The van der Waals surface area contributed by atoms with Crippen LogP contribution in [0.4, 0.5) is 23.7 Å². The van der Waals surface area contributed by atoms with Crippen LogP contribution in [0.1, 0.15) is 26.3 Å². The lowest BCUT2D eigenvalue weighted by Gasteiger charge is -2.37. The van der Waals surface area contributed by atoms with Crippen molar-refractivity contribution in [2.24, 2.45) is 5.92 Å². The van der Waals surface area contributed by atoms with Crippen molar-refractivity contribution in [2.75, 3.05) is 38.1 Å². The lowest BCUT2D eigenvalue weighted by atomic mass is 10.1. The minimum absolute atomic E-state index is 0.244. The molecule has 0 saturated carbocycles. The third-order valence-electron chi connectivity index (χ3n) is 4.53. The van der Waals surface area contributed by atoms with Crippen molar-refractivity contribution in [3.8, 4) is 0 Å². The van der Waals surface area contributed by atoms with Crippen molar-refractivity contribution in [2.45, 2.75) is 33.0 Å². The first kappa shape index (κ1) is 22.0. The van der Waals surface area contributed by atoms with E-state index in [1.54, 1.807) is 11.8 Å². The number of anilines is 1. The van der Waals surface area contributed by atoms with Gasteiger partial charge < -0.3 is 15.0 Å². The molecule has 1 unspecified atom stereocenters. The molecule has 1 saturated heterocycles. The monoisotopic (exact) mass is 401 g/mol. The van der Waals surface area contributed by atoms with Crippen LogP contribution in [0.25, 0.3) is 0 Å². The number of hydrogen-bond acceptors (Lipinski definition) is 4. The average molecular weight is 401 g/mol. The molecule has 28 heavy (non-hydrogen) atoms. The molecule has 1 fully saturated rings. The Hall–Kier alpha value is -2.29. The number of piperazine rings is 1. The van der Waals surface area contributed by atoms with Crippen LogP contribution >= 0.6 is 0 Å². The van der Waals surface area contributed by atoms with Crippen molar-refractivity contribution in [3.63, 3.8) is 0 Å². The molecule has 1 heterocycles. The maximum atomic E-state index is 13.1. The first-order valence-corrected chi connectivity index (χ1v) is 9.22. The highest BCUT2D eigenvalue weighted by molar-refractivity contribution is 5.95. The maximum Gasteiger partial charge on any atom is 0.418 e. The zero-order valence-corrected chi connectivity index (χ0v) is 16.3. The number of carbonyl (C=O) groups excluding carboxylic acids is 2. The summed E-state index contributed by atoms with van der Waals surface area (Å²) in [7, 11) is 0. The van der Waals surface area contributed by atoms with Gasteiger partial charge in [-0.15, -0.1) is 0 Å². The Bertz CT molecular complexity index is 686. The fraction of sp³-hybridized carbons (Fsp3) is 0.579. The van der Waals surface area contributed by atoms with Gasteiger partial charge in [-0.3, -0.25) is 9.69 Å². The van der Waals surface area contributed by atoms with E-state index in [4.69, 9.17) is 4.74 Å². The molecule has 1 atom stereocenters. The molecular formula is C19H26F3N3O3. The normalized spacial score (nSPS) is 16.8. The van der Waals surface area contributed by atoms with Crippen molar-refractivity contribution in [1.82, 2.24) is 9.80 Å². The minimum atomic E-state index is -4.55. The largest absolute Gasteiger partial charge is 0.449 e. The molecule has 0 radical (unpaired) electrons. The summed E-state index contributed by atoms with van der Waals surface area (Å²) in [6.45, 7) is 7.54. The highest BCUT2D eigenvalue weighted by atomic mass is 19.4. The number of alkyl halides is 3. The Morgan fingerprint density at radius 2 is 1.71 bits per heavy atom. The molecule has 1 aliphatic rings. The van der Waals surface area contributed by atoms with Gasteiger partial charge in [0.1, 0.15) is 0 Å². The summed E-state index contributed by atoms with van der Waals surface area (Å²) in [6, 6.07) is 4.25. The van der Waals surface area contributed by atoms with Crippen LogP contribution in [0.5, 0.6) is 0 Å². The summed E-state index contributed by atoms with van der Waals surface area (Å²) in [5, 5.41) is 2.38. The molecule has 1 aromatic carbocycles. The van der Waals surface area contributed by atoms with Crippen LogP contribution in [0.3, 0.4) is 0 Å². The predicted molar refractivity (Wildman–Crippen MR) is 98.9 cm³/mol. The van der Waals surface area contributed by atoms with Crippen LogP contribution in [0, 0.1) is 5.92 Å². The third kappa shape index (κ3) is 5.85. The van der Waals surface area contributed by atoms with Gasteiger partial charge in [-0.05, 0) is 25.0 Å². The summed E-state index contributed by atoms with van der Waals surface area (Å²) >= 11 is 0. The lowest BCUT2D eigenvalue weighted by molar-refractivity contribution is -0.137. The standard InChI is InChI=1S/C19H26F3N3O3/c1-13(2)12-28-18(27)25-10-8-24(9-11-25)14(3)17(26)23-16-7-5-4-6-15(16)19(20,21)22/h4-7,13-14H,8-12H2,1-3H3,(H,23,26). The van der Waals surface area contributed by atoms with Gasteiger partial charge in [-0.2, -0.15) is 13.2 Å². The van der Waals surface area contributed by atoms with Crippen molar-refractivity contribution in [3.05, 3.63) is 29.8 Å². The van der Waals surface area contributed by atoms with E-state index in [1.165, 1.54) is 18.2 Å². The quantitative estimate of drug-likeness (QED) is 0.821. The minimum Gasteiger partial charge on any atom is -0.449 e. The topological polar surface area (TPSA) is 61.9 Å². The number of rotatable bonds is 5. The Morgan fingerprint density at radius 1 is 1.11 bits per heavy atom. The van der Waals surface area contributed by atoms with Crippen molar-refractivity contribution < 1.29 is 27.5 Å². The van der Waals surface area contributed by atoms with E-state index >= 15 is 0 Å². The molecule has 2 amide bonds. The molecule has 0 aliphatic carbocycles. The van der Waals surface area contributed by atoms with Crippen LogP contribution in [-0.4, -0.2) is 60.6 Å². The smallest absolute Gasteiger partial charge is 0.418 e. The Labute approximate surface area is 162 Å². The second-order valence-corrected chi connectivity index (χ2v) is 7.20. The number of halogens is 3. The molecule has 6 nitrogen and oxygen atoms in total. The molecular weight excluding hydrogens is 375 g/mol.